The molecule has 0 aromatic rings. The molecule has 0 aromatic carbocycles. The summed E-state index contributed by atoms with van der Waals surface area (Å²) in [4.78, 5) is 9.22. The maximum Gasteiger partial charge on any atom is 0.191 e. The predicted molar refractivity (Wildman–Crippen MR) is 76.7 cm³/mol. The van der Waals surface area contributed by atoms with Crippen molar-refractivity contribution >= 4 is 5.96 Å². The number of hydrogen-bond donors (Lipinski definition) is 1. The van der Waals surface area contributed by atoms with Gasteiger partial charge in [-0.1, -0.05) is 12.8 Å². The minimum Gasteiger partial charge on any atom is -0.370 e. The third-order valence-electron chi connectivity index (χ3n) is 4.20. The molecule has 2 fully saturated rings. The summed E-state index contributed by atoms with van der Waals surface area (Å²) in [7, 11) is 4.31. The molecule has 18 heavy (non-hydrogen) atoms. The fraction of sp³-hybridized carbons (Fsp3) is 0.929. The van der Waals surface area contributed by atoms with Gasteiger partial charge < -0.3 is 15.5 Å². The van der Waals surface area contributed by atoms with Crippen molar-refractivity contribution < 1.29 is 0 Å². The van der Waals surface area contributed by atoms with Crippen LogP contribution in [0, 0.1) is 5.92 Å². The monoisotopic (exact) mass is 252 g/mol. The largest absolute Gasteiger partial charge is 0.370 e. The van der Waals surface area contributed by atoms with Crippen molar-refractivity contribution in [1.29, 1.82) is 0 Å². The summed E-state index contributed by atoms with van der Waals surface area (Å²) in [6.07, 6.45) is 7.92. The quantitative estimate of drug-likeness (QED) is 0.609. The van der Waals surface area contributed by atoms with Crippen LogP contribution < -0.4 is 5.73 Å². The van der Waals surface area contributed by atoms with Crippen molar-refractivity contribution in [2.24, 2.45) is 16.6 Å². The lowest BCUT2D eigenvalue weighted by atomic mass is 10.2. The smallest absolute Gasteiger partial charge is 0.191 e. The molecule has 4 heteroatoms. The third-order valence-corrected chi connectivity index (χ3v) is 4.20. The molecule has 1 atom stereocenters. The van der Waals surface area contributed by atoms with Gasteiger partial charge in [0.25, 0.3) is 0 Å². The van der Waals surface area contributed by atoms with Gasteiger partial charge in [0.1, 0.15) is 0 Å². The first kappa shape index (κ1) is 13.7. The van der Waals surface area contributed by atoms with E-state index in [4.69, 9.17) is 5.73 Å². The Kier molecular flexibility index (Phi) is 4.87. The predicted octanol–water partition coefficient (Wildman–Crippen LogP) is 1.52. The van der Waals surface area contributed by atoms with E-state index in [1.807, 2.05) is 0 Å². The van der Waals surface area contributed by atoms with E-state index in [9.17, 15) is 0 Å². The Bertz CT molecular complexity index is 274. The van der Waals surface area contributed by atoms with E-state index in [1.165, 1.54) is 38.5 Å². The number of likely N-dealkylation sites (tertiary alicyclic amines) is 1. The van der Waals surface area contributed by atoms with Gasteiger partial charge in [-0.15, -0.1) is 0 Å². The summed E-state index contributed by atoms with van der Waals surface area (Å²) in [6, 6.07) is 0.579. The first-order valence-corrected chi connectivity index (χ1v) is 7.40. The molecule has 0 radical (unpaired) electrons. The number of rotatable bonds is 4. The maximum absolute atomic E-state index is 6.14. The third kappa shape index (κ3) is 3.87. The minimum absolute atomic E-state index is 0.579. The van der Waals surface area contributed by atoms with Crippen molar-refractivity contribution in [2.45, 2.75) is 44.6 Å². The van der Waals surface area contributed by atoms with Gasteiger partial charge in [-0.05, 0) is 45.7 Å². The second kappa shape index (κ2) is 6.41. The van der Waals surface area contributed by atoms with Crippen molar-refractivity contribution in [3.8, 4) is 0 Å². The summed E-state index contributed by atoms with van der Waals surface area (Å²) in [5.41, 5.74) is 6.14. The molecule has 0 aromatic heterocycles. The average Bonchev–Trinajstić information content (AvgIpc) is 3.15. The standard InChI is InChI=1S/C14H28N4/c1-17(2)13(12-7-8-12)11-16-14(15)18-9-5-3-4-6-10-18/h12-13H,3-11H2,1-2H3,(H2,15,16). The summed E-state index contributed by atoms with van der Waals surface area (Å²) >= 11 is 0. The van der Waals surface area contributed by atoms with Crippen LogP contribution in [0.2, 0.25) is 0 Å². The summed E-state index contributed by atoms with van der Waals surface area (Å²) in [5.74, 6) is 1.62. The van der Waals surface area contributed by atoms with Crippen LogP contribution in [-0.2, 0) is 0 Å². The second-order valence-corrected chi connectivity index (χ2v) is 5.97. The van der Waals surface area contributed by atoms with Gasteiger partial charge in [-0.2, -0.15) is 0 Å². The van der Waals surface area contributed by atoms with Crippen LogP contribution in [0.4, 0.5) is 0 Å². The lowest BCUT2D eigenvalue weighted by Gasteiger charge is -2.25. The molecule has 1 saturated carbocycles. The highest BCUT2D eigenvalue weighted by atomic mass is 15.3. The number of hydrogen-bond acceptors (Lipinski definition) is 2. The molecule has 0 bridgehead atoms. The van der Waals surface area contributed by atoms with Crippen LogP contribution in [0.3, 0.4) is 0 Å². The summed E-state index contributed by atoms with van der Waals surface area (Å²) in [5, 5.41) is 0. The highest BCUT2D eigenvalue weighted by molar-refractivity contribution is 5.78. The Hall–Kier alpha value is -0.770. The molecule has 4 nitrogen and oxygen atoms in total. The first-order valence-electron chi connectivity index (χ1n) is 7.40. The normalized spacial score (nSPS) is 24.2. The molecule has 1 unspecified atom stereocenters. The molecule has 1 aliphatic heterocycles. The van der Waals surface area contributed by atoms with E-state index >= 15 is 0 Å². The zero-order valence-electron chi connectivity index (χ0n) is 11.9. The maximum atomic E-state index is 6.14. The van der Waals surface area contributed by atoms with Crippen LogP contribution >= 0.6 is 0 Å². The van der Waals surface area contributed by atoms with Crippen LogP contribution in [0.15, 0.2) is 4.99 Å². The van der Waals surface area contributed by atoms with Crippen molar-refractivity contribution in [2.75, 3.05) is 33.7 Å². The molecule has 2 N–H and O–H groups in total. The Balaban J connectivity index is 1.86. The number of aliphatic imine (C=N–C) groups is 1. The van der Waals surface area contributed by atoms with E-state index < -0.39 is 0 Å². The van der Waals surface area contributed by atoms with Gasteiger partial charge in [0.15, 0.2) is 5.96 Å². The van der Waals surface area contributed by atoms with Crippen LogP contribution in [0.5, 0.6) is 0 Å². The average molecular weight is 252 g/mol. The number of nitrogens with two attached hydrogens (primary N) is 1. The van der Waals surface area contributed by atoms with Gasteiger partial charge >= 0.3 is 0 Å². The Morgan fingerprint density at radius 3 is 2.33 bits per heavy atom. The van der Waals surface area contributed by atoms with Crippen molar-refractivity contribution in [1.82, 2.24) is 9.80 Å². The molecular weight excluding hydrogens is 224 g/mol. The molecule has 1 heterocycles. The number of nitrogens with zero attached hydrogens (tertiary/aromatic N) is 3. The topological polar surface area (TPSA) is 44.9 Å². The van der Waals surface area contributed by atoms with Crippen LogP contribution in [-0.4, -0.2) is 55.5 Å². The molecule has 0 spiro atoms. The van der Waals surface area contributed by atoms with E-state index in [-0.39, 0.29) is 0 Å². The molecule has 104 valence electrons. The Morgan fingerprint density at radius 1 is 1.22 bits per heavy atom. The molecule has 2 aliphatic rings. The highest BCUT2D eigenvalue weighted by Gasteiger charge is 2.32. The van der Waals surface area contributed by atoms with Gasteiger partial charge in [-0.3, -0.25) is 4.99 Å². The van der Waals surface area contributed by atoms with Gasteiger partial charge in [0.2, 0.25) is 0 Å². The Morgan fingerprint density at radius 2 is 1.83 bits per heavy atom. The molecule has 2 rings (SSSR count). The fourth-order valence-corrected chi connectivity index (χ4v) is 2.80. The molecule has 1 aliphatic carbocycles. The molecule has 0 amide bonds. The lowest BCUT2D eigenvalue weighted by Crippen LogP contribution is -2.40. The van der Waals surface area contributed by atoms with Crippen LogP contribution in [0.1, 0.15) is 38.5 Å². The van der Waals surface area contributed by atoms with Gasteiger partial charge in [-0.25, -0.2) is 0 Å². The van der Waals surface area contributed by atoms with Crippen LogP contribution in [0.25, 0.3) is 0 Å². The Labute approximate surface area is 111 Å². The van der Waals surface area contributed by atoms with Gasteiger partial charge in [0.05, 0.1) is 6.54 Å². The van der Waals surface area contributed by atoms with Gasteiger partial charge in [0, 0.05) is 19.1 Å². The van der Waals surface area contributed by atoms with E-state index in [2.05, 4.69) is 28.9 Å². The minimum atomic E-state index is 0.579. The zero-order valence-corrected chi connectivity index (χ0v) is 11.9. The van der Waals surface area contributed by atoms with E-state index in [0.717, 1.165) is 31.5 Å². The lowest BCUT2D eigenvalue weighted by molar-refractivity contribution is 0.270. The highest BCUT2D eigenvalue weighted by Crippen LogP contribution is 2.34. The second-order valence-electron chi connectivity index (χ2n) is 5.97. The summed E-state index contributed by atoms with van der Waals surface area (Å²) in [6.45, 7) is 3.04. The van der Waals surface area contributed by atoms with Crippen molar-refractivity contribution in [3.05, 3.63) is 0 Å². The molecular formula is C14H28N4. The summed E-state index contributed by atoms with van der Waals surface area (Å²) < 4.78 is 0. The SMILES string of the molecule is CN(C)C(CN=C(N)N1CCCCCC1)C1CC1. The molecule has 1 saturated heterocycles. The fourth-order valence-electron chi connectivity index (χ4n) is 2.80. The zero-order chi connectivity index (χ0) is 13.0. The first-order chi connectivity index (χ1) is 8.68. The van der Waals surface area contributed by atoms with E-state index in [0.29, 0.717) is 6.04 Å². The number of likely N-dealkylation sites (N-methyl/N-ethyl adjacent to an activating group) is 1. The number of guanidine groups is 1. The van der Waals surface area contributed by atoms with Crippen molar-refractivity contribution in [3.63, 3.8) is 0 Å². The van der Waals surface area contributed by atoms with E-state index in [1.54, 1.807) is 0 Å².